The number of amides is 1. The first-order valence-corrected chi connectivity index (χ1v) is 9.68. The highest BCUT2D eigenvalue weighted by Gasteiger charge is 2.34. The van der Waals surface area contributed by atoms with E-state index in [0.717, 1.165) is 44.3 Å². The molecule has 0 saturated carbocycles. The number of anilines is 1. The molecule has 0 aliphatic carbocycles. The van der Waals surface area contributed by atoms with Crippen molar-refractivity contribution in [2.45, 2.75) is 19.5 Å². The van der Waals surface area contributed by atoms with E-state index < -0.39 is 0 Å². The maximum Gasteiger partial charge on any atom is 0.244 e. The fourth-order valence-corrected chi connectivity index (χ4v) is 4.16. The van der Waals surface area contributed by atoms with Gasteiger partial charge in [0.25, 0.3) is 0 Å². The molecule has 0 fully saturated rings. The van der Waals surface area contributed by atoms with E-state index in [1.807, 2.05) is 37.4 Å². The first-order valence-electron chi connectivity index (χ1n) is 9.68. The van der Waals surface area contributed by atoms with Crippen molar-refractivity contribution in [1.82, 2.24) is 24.8 Å². The smallest absolute Gasteiger partial charge is 0.244 e. The third kappa shape index (κ3) is 2.67. The minimum absolute atomic E-state index is 0.151. The van der Waals surface area contributed by atoms with Crippen LogP contribution < -0.4 is 11.1 Å². The molecule has 1 unspecified atom stereocenters. The van der Waals surface area contributed by atoms with Gasteiger partial charge in [0.1, 0.15) is 17.8 Å². The van der Waals surface area contributed by atoms with Gasteiger partial charge in [-0.2, -0.15) is 0 Å². The summed E-state index contributed by atoms with van der Waals surface area (Å²) in [5.41, 5.74) is 11.4. The number of nitrogens with one attached hydrogen (secondary N) is 1. The number of nitrogens with two attached hydrogens (primary N) is 1. The first-order chi connectivity index (χ1) is 14.6. The zero-order valence-electron chi connectivity index (χ0n) is 16.5. The molecule has 7 nitrogen and oxygen atoms in total. The van der Waals surface area contributed by atoms with E-state index in [2.05, 4.69) is 37.5 Å². The second kappa shape index (κ2) is 6.81. The number of carbonyl (C=O) groups excluding carboxylic acids is 1. The van der Waals surface area contributed by atoms with Crippen LogP contribution in [0.15, 0.2) is 61.6 Å². The van der Waals surface area contributed by atoms with Gasteiger partial charge in [-0.05, 0) is 30.7 Å². The third-order valence-corrected chi connectivity index (χ3v) is 5.47. The Morgan fingerprint density at radius 1 is 1.30 bits per heavy atom. The lowest BCUT2D eigenvalue weighted by Crippen LogP contribution is -2.34. The largest absolute Gasteiger partial charge is 0.383 e. The summed E-state index contributed by atoms with van der Waals surface area (Å²) in [7, 11) is 0. The molecule has 0 spiro atoms. The molecule has 4 aromatic rings. The Labute approximate surface area is 173 Å². The molecule has 1 aromatic carbocycles. The number of pyridine rings is 1. The van der Waals surface area contributed by atoms with Gasteiger partial charge in [0.15, 0.2) is 0 Å². The van der Waals surface area contributed by atoms with E-state index in [1.165, 1.54) is 12.4 Å². The molecule has 1 aliphatic heterocycles. The van der Waals surface area contributed by atoms with Crippen molar-refractivity contribution in [1.29, 1.82) is 0 Å². The molecule has 0 saturated heterocycles. The van der Waals surface area contributed by atoms with Crippen molar-refractivity contribution in [3.8, 4) is 11.1 Å². The van der Waals surface area contributed by atoms with Crippen molar-refractivity contribution in [3.63, 3.8) is 0 Å². The number of benzene rings is 1. The number of carbonyl (C=O) groups is 1. The average molecular weight is 396 g/mol. The van der Waals surface area contributed by atoms with Crippen LogP contribution in [0.2, 0.25) is 0 Å². The lowest BCUT2D eigenvalue weighted by Gasteiger charge is -2.13. The van der Waals surface area contributed by atoms with E-state index in [4.69, 9.17) is 5.73 Å². The second-order valence-corrected chi connectivity index (χ2v) is 7.29. The minimum atomic E-state index is -0.226. The van der Waals surface area contributed by atoms with Crippen LogP contribution in [0.25, 0.3) is 38.6 Å². The summed E-state index contributed by atoms with van der Waals surface area (Å²) in [5, 5.41) is 4.82. The minimum Gasteiger partial charge on any atom is -0.383 e. The lowest BCUT2D eigenvalue weighted by atomic mass is 9.98. The molecule has 4 heterocycles. The van der Waals surface area contributed by atoms with E-state index in [0.29, 0.717) is 12.4 Å². The first kappa shape index (κ1) is 18.1. The van der Waals surface area contributed by atoms with Crippen LogP contribution in [0.3, 0.4) is 0 Å². The fraction of sp³-hybridized carbons (Fsp3) is 0.130. The van der Waals surface area contributed by atoms with Gasteiger partial charge in [-0.15, -0.1) is 0 Å². The molecule has 5 rings (SSSR count). The van der Waals surface area contributed by atoms with Gasteiger partial charge >= 0.3 is 0 Å². The molecule has 30 heavy (non-hydrogen) atoms. The highest BCUT2D eigenvalue weighted by atomic mass is 16.1. The zero-order chi connectivity index (χ0) is 20.8. The number of aromatic nitrogens is 4. The van der Waals surface area contributed by atoms with Gasteiger partial charge in [-0.25, -0.2) is 9.97 Å². The van der Waals surface area contributed by atoms with Crippen molar-refractivity contribution in [3.05, 3.63) is 67.3 Å². The van der Waals surface area contributed by atoms with Crippen LogP contribution in [-0.2, 0) is 11.3 Å². The number of para-hydroxylation sites is 1. The quantitative estimate of drug-likeness (QED) is 0.518. The van der Waals surface area contributed by atoms with Crippen LogP contribution in [0.1, 0.15) is 12.6 Å². The summed E-state index contributed by atoms with van der Waals surface area (Å²) in [6.45, 7) is 6.64. The number of nitrogen functional groups attached to an aromatic ring is 1. The van der Waals surface area contributed by atoms with Crippen LogP contribution in [0.5, 0.6) is 0 Å². The number of rotatable bonds is 3. The summed E-state index contributed by atoms with van der Waals surface area (Å²) in [6.07, 6.45) is 6.52. The fourth-order valence-electron chi connectivity index (χ4n) is 4.16. The maximum absolute atomic E-state index is 12.1. The predicted molar refractivity (Wildman–Crippen MR) is 118 cm³/mol. The van der Waals surface area contributed by atoms with Gasteiger partial charge in [0, 0.05) is 29.3 Å². The predicted octanol–water partition coefficient (Wildman–Crippen LogP) is 3.32. The van der Waals surface area contributed by atoms with Crippen LogP contribution in [0.4, 0.5) is 5.82 Å². The number of hydrogen-bond donors (Lipinski definition) is 2. The van der Waals surface area contributed by atoms with E-state index in [1.54, 1.807) is 6.08 Å². The maximum atomic E-state index is 12.1. The Balaban J connectivity index is 1.72. The summed E-state index contributed by atoms with van der Waals surface area (Å²) in [4.78, 5) is 25.4. The van der Waals surface area contributed by atoms with Gasteiger partial charge < -0.3 is 15.6 Å². The highest BCUT2D eigenvalue weighted by molar-refractivity contribution is 6.08. The zero-order valence-corrected chi connectivity index (χ0v) is 16.5. The summed E-state index contributed by atoms with van der Waals surface area (Å²) >= 11 is 0. The average Bonchev–Trinajstić information content (AvgIpc) is 3.23. The van der Waals surface area contributed by atoms with E-state index >= 15 is 0 Å². The Kier molecular flexibility index (Phi) is 4.10. The number of hydrogen-bond acceptors (Lipinski definition) is 5. The Hall–Kier alpha value is -4.00. The van der Waals surface area contributed by atoms with E-state index in [-0.39, 0.29) is 11.9 Å². The number of fused-ring (bicyclic) bond motifs is 4. The van der Waals surface area contributed by atoms with E-state index in [9.17, 15) is 4.79 Å². The molecular formula is C23H20N6O. The second-order valence-electron chi connectivity index (χ2n) is 7.29. The van der Waals surface area contributed by atoms with Crippen LogP contribution in [0, 0.1) is 0 Å². The summed E-state index contributed by atoms with van der Waals surface area (Å²) in [5.74, 6) is 0.258. The van der Waals surface area contributed by atoms with Gasteiger partial charge in [-0.3, -0.25) is 9.78 Å². The molecule has 1 amide bonds. The molecule has 0 radical (unpaired) electrons. The Morgan fingerprint density at radius 2 is 2.13 bits per heavy atom. The molecular weight excluding hydrogens is 376 g/mol. The lowest BCUT2D eigenvalue weighted by molar-refractivity contribution is -0.116. The molecule has 0 bridgehead atoms. The summed E-state index contributed by atoms with van der Waals surface area (Å²) < 4.78 is 2.06. The standard InChI is InChI=1S/C23H20N6O/c1-3-6-18(30)28-17-11-29-21(13(17)2)19(20-22(24)26-12-27-23(20)29)15-9-14-7-4-5-8-16(14)25-10-15/h3-10,12,17H,2,11H2,1H3,(H,28,30)(H2,24,26,27). The number of nitrogens with zero attached hydrogens (tertiary/aromatic N) is 4. The van der Waals surface area contributed by atoms with Crippen molar-refractivity contribution >= 4 is 39.2 Å². The van der Waals surface area contributed by atoms with Crippen LogP contribution >= 0.6 is 0 Å². The van der Waals surface area contributed by atoms with Crippen molar-refractivity contribution in [2.75, 3.05) is 5.73 Å². The van der Waals surface area contributed by atoms with Gasteiger partial charge in [0.2, 0.25) is 5.91 Å². The van der Waals surface area contributed by atoms with Crippen molar-refractivity contribution in [2.24, 2.45) is 0 Å². The summed E-state index contributed by atoms with van der Waals surface area (Å²) in [6, 6.07) is 9.81. The third-order valence-electron chi connectivity index (χ3n) is 5.47. The van der Waals surface area contributed by atoms with Crippen LogP contribution in [-0.4, -0.2) is 31.5 Å². The Morgan fingerprint density at radius 3 is 2.97 bits per heavy atom. The topological polar surface area (TPSA) is 98.7 Å². The molecule has 1 atom stereocenters. The van der Waals surface area contributed by atoms with Gasteiger partial charge in [-0.1, -0.05) is 30.9 Å². The monoisotopic (exact) mass is 396 g/mol. The van der Waals surface area contributed by atoms with Crippen molar-refractivity contribution < 1.29 is 4.79 Å². The SMILES string of the molecule is C=C1c2c(-c3cnc4ccccc4c3)c3c(N)ncnc3n2CC1NC(=O)C=CC. The molecule has 3 N–H and O–H groups in total. The molecule has 148 valence electrons. The Bertz CT molecular complexity index is 1370. The normalized spacial score (nSPS) is 15.9. The number of allylic oxidation sites excluding steroid dienone is 1. The molecule has 1 aliphatic rings. The molecule has 3 aromatic heterocycles. The van der Waals surface area contributed by atoms with Gasteiger partial charge in [0.05, 0.1) is 22.6 Å². The highest BCUT2D eigenvalue weighted by Crippen LogP contribution is 2.44. The molecule has 7 heteroatoms.